The maximum Gasteiger partial charge on any atom is 0.362 e. The molecule has 368 valence electrons. The Morgan fingerprint density at radius 2 is 0.875 bits per heavy atom. The second-order valence-corrected chi connectivity index (χ2v) is 18.4. The molecule has 8 heteroatoms. The Morgan fingerprint density at radius 1 is 0.484 bits per heavy atom. The molecule has 0 aromatic rings. The van der Waals surface area contributed by atoms with Crippen molar-refractivity contribution in [2.75, 3.05) is 41.0 Å². The van der Waals surface area contributed by atoms with E-state index in [9.17, 15) is 19.5 Å². The van der Waals surface area contributed by atoms with Crippen LogP contribution in [0.15, 0.2) is 72.9 Å². The predicted molar refractivity (Wildman–Crippen MR) is 270 cm³/mol. The SMILES string of the molecule is CC/C=C/C/C=C/C/C=C/C/C=C/C/C=C/C/C=C/CCC(=O)OCC(COCCC(C(=O)O)[N+](C)(C)C)OC(=O)CCCCCCCCCCCCCCCCCCCCCCC. The molecule has 2 atom stereocenters. The number of likely N-dealkylation sites (N-methyl/N-ethyl adjacent to an activating group) is 1. The summed E-state index contributed by atoms with van der Waals surface area (Å²) in [6.45, 7) is 4.56. The summed E-state index contributed by atoms with van der Waals surface area (Å²) in [7, 11) is 5.51. The van der Waals surface area contributed by atoms with Crippen LogP contribution in [0.3, 0.4) is 0 Å². The van der Waals surface area contributed by atoms with Crippen LogP contribution in [0.25, 0.3) is 0 Å². The molecule has 0 heterocycles. The van der Waals surface area contributed by atoms with Crippen molar-refractivity contribution in [3.05, 3.63) is 72.9 Å². The predicted octanol–water partition coefficient (Wildman–Crippen LogP) is 15.1. The number of esters is 2. The van der Waals surface area contributed by atoms with Gasteiger partial charge < -0.3 is 23.8 Å². The highest BCUT2D eigenvalue weighted by molar-refractivity contribution is 5.72. The van der Waals surface area contributed by atoms with Crippen LogP contribution >= 0.6 is 0 Å². The molecule has 2 unspecified atom stereocenters. The molecule has 0 fully saturated rings. The average molecular weight is 897 g/mol. The summed E-state index contributed by atoms with van der Waals surface area (Å²) in [6.07, 6.45) is 59.7. The number of ether oxygens (including phenoxy) is 3. The van der Waals surface area contributed by atoms with E-state index in [2.05, 4.69) is 74.6 Å². The van der Waals surface area contributed by atoms with E-state index in [-0.39, 0.29) is 42.7 Å². The van der Waals surface area contributed by atoms with Gasteiger partial charge in [0, 0.05) is 19.3 Å². The zero-order valence-electron chi connectivity index (χ0n) is 42.0. The molecule has 0 aliphatic rings. The van der Waals surface area contributed by atoms with Gasteiger partial charge in [-0.05, 0) is 51.4 Å². The third kappa shape index (κ3) is 44.0. The van der Waals surface area contributed by atoms with Gasteiger partial charge in [-0.1, -0.05) is 215 Å². The van der Waals surface area contributed by atoms with Gasteiger partial charge in [0.15, 0.2) is 12.1 Å². The van der Waals surface area contributed by atoms with Crippen LogP contribution in [-0.4, -0.2) is 80.6 Å². The third-order valence-corrected chi connectivity index (χ3v) is 11.4. The summed E-state index contributed by atoms with van der Waals surface area (Å²) >= 11 is 0. The normalized spacial score (nSPS) is 13.5. The number of hydrogen-bond donors (Lipinski definition) is 1. The third-order valence-electron chi connectivity index (χ3n) is 11.4. The molecule has 64 heavy (non-hydrogen) atoms. The van der Waals surface area contributed by atoms with E-state index in [0.29, 0.717) is 19.3 Å². The number of carboxylic acids is 1. The first-order valence-electron chi connectivity index (χ1n) is 26.0. The number of unbranched alkanes of at least 4 members (excludes halogenated alkanes) is 20. The van der Waals surface area contributed by atoms with Crippen LogP contribution in [-0.2, 0) is 28.6 Å². The fourth-order valence-electron chi connectivity index (χ4n) is 7.41. The maximum atomic E-state index is 12.8. The maximum absolute atomic E-state index is 12.8. The molecule has 1 N–H and O–H groups in total. The van der Waals surface area contributed by atoms with Crippen LogP contribution in [0.4, 0.5) is 0 Å². The van der Waals surface area contributed by atoms with Crippen molar-refractivity contribution >= 4 is 17.9 Å². The number of allylic oxidation sites excluding steroid dienone is 12. The van der Waals surface area contributed by atoms with Crippen molar-refractivity contribution < 1.29 is 38.2 Å². The van der Waals surface area contributed by atoms with E-state index >= 15 is 0 Å². The second kappa shape index (κ2) is 46.3. The first kappa shape index (κ1) is 60.8. The van der Waals surface area contributed by atoms with E-state index < -0.39 is 18.1 Å². The topological polar surface area (TPSA) is 99.1 Å². The Morgan fingerprint density at radius 3 is 1.27 bits per heavy atom. The smallest absolute Gasteiger partial charge is 0.362 e. The summed E-state index contributed by atoms with van der Waals surface area (Å²) in [5.41, 5.74) is 0. The Kier molecular flexibility index (Phi) is 44.0. The van der Waals surface area contributed by atoms with E-state index in [1.54, 1.807) is 0 Å². The summed E-state index contributed by atoms with van der Waals surface area (Å²) in [4.78, 5) is 37.1. The Hall–Kier alpha value is -3.23. The molecule has 0 aliphatic carbocycles. The minimum atomic E-state index is -0.884. The standard InChI is InChI=1S/C56H97NO7/c1-6-8-10-12-14-16-18-20-22-24-26-27-29-31-33-35-37-39-41-43-45-47-55(59)64-52(50-62-49-48-53(56(60)61)57(3,4)5)51-63-54(58)46-44-42-40-38-36-34-32-30-28-25-23-21-19-17-15-13-11-9-7-2/h9,11,15,17,21,23,28,30,34,36,40,42,52-53H,6-8,10,12-14,16,18-20,22,24-27,29,31-33,35,37-39,41,43-51H2,1-5H3/p+1/b11-9+,17-15+,23-21+,30-28+,36-34+,42-40+. The van der Waals surface area contributed by atoms with E-state index in [1.165, 1.54) is 116 Å². The monoisotopic (exact) mass is 897 g/mol. The molecule has 8 nitrogen and oxygen atoms in total. The lowest BCUT2D eigenvalue weighted by atomic mass is 10.0. The van der Waals surface area contributed by atoms with Crippen LogP contribution in [0, 0.1) is 0 Å². The highest BCUT2D eigenvalue weighted by Gasteiger charge is 2.31. The largest absolute Gasteiger partial charge is 0.477 e. The molecule has 0 aromatic carbocycles. The van der Waals surface area contributed by atoms with Crippen LogP contribution in [0.1, 0.15) is 213 Å². The first-order chi connectivity index (χ1) is 31.1. The molecular formula is C56H98NO7+. The van der Waals surface area contributed by atoms with Gasteiger partial charge in [0.1, 0.15) is 6.61 Å². The number of hydrogen-bond acceptors (Lipinski definition) is 6. The molecule has 0 aromatic heterocycles. The van der Waals surface area contributed by atoms with Gasteiger partial charge in [-0.15, -0.1) is 0 Å². The fraction of sp³-hybridized carbons (Fsp3) is 0.732. The minimum absolute atomic E-state index is 0.0367. The number of quaternary nitrogens is 1. The first-order valence-corrected chi connectivity index (χ1v) is 26.0. The van der Waals surface area contributed by atoms with Crippen LogP contribution in [0.2, 0.25) is 0 Å². The van der Waals surface area contributed by atoms with Crippen molar-refractivity contribution in [1.29, 1.82) is 0 Å². The van der Waals surface area contributed by atoms with Crippen molar-refractivity contribution in [2.24, 2.45) is 0 Å². The molecule has 0 spiro atoms. The van der Waals surface area contributed by atoms with Gasteiger partial charge in [0.25, 0.3) is 0 Å². The van der Waals surface area contributed by atoms with Gasteiger partial charge in [0.2, 0.25) is 0 Å². The van der Waals surface area contributed by atoms with Crippen LogP contribution < -0.4 is 0 Å². The van der Waals surface area contributed by atoms with Gasteiger partial charge in [-0.3, -0.25) is 9.59 Å². The zero-order chi connectivity index (χ0) is 47.0. The van der Waals surface area contributed by atoms with Gasteiger partial charge >= 0.3 is 17.9 Å². The Balaban J connectivity index is 4.33. The lowest BCUT2D eigenvalue weighted by Crippen LogP contribution is -2.50. The summed E-state index contributed by atoms with van der Waals surface area (Å²) in [6, 6.07) is -0.628. The fourth-order valence-corrected chi connectivity index (χ4v) is 7.41. The molecule has 0 rings (SSSR count). The molecule has 0 aliphatic heterocycles. The van der Waals surface area contributed by atoms with Gasteiger partial charge in [-0.25, -0.2) is 4.79 Å². The summed E-state index contributed by atoms with van der Waals surface area (Å²) in [5.74, 6) is -1.57. The molecule has 0 saturated heterocycles. The number of rotatable bonds is 46. The van der Waals surface area contributed by atoms with Gasteiger partial charge in [-0.2, -0.15) is 0 Å². The summed E-state index contributed by atoms with van der Waals surface area (Å²) in [5, 5.41) is 9.65. The summed E-state index contributed by atoms with van der Waals surface area (Å²) < 4.78 is 17.3. The highest BCUT2D eigenvalue weighted by Crippen LogP contribution is 2.16. The number of carbonyl (C=O) groups is 3. The van der Waals surface area contributed by atoms with Crippen molar-refractivity contribution in [3.8, 4) is 0 Å². The van der Waals surface area contributed by atoms with Gasteiger partial charge in [0.05, 0.1) is 34.4 Å². The number of carbonyl (C=O) groups excluding carboxylic acids is 2. The molecule has 0 bridgehead atoms. The average Bonchev–Trinajstić information content (AvgIpc) is 3.26. The zero-order valence-corrected chi connectivity index (χ0v) is 42.0. The van der Waals surface area contributed by atoms with Crippen molar-refractivity contribution in [1.82, 2.24) is 0 Å². The van der Waals surface area contributed by atoms with Crippen LogP contribution in [0.5, 0.6) is 0 Å². The Labute approximate surface area is 393 Å². The second-order valence-electron chi connectivity index (χ2n) is 18.4. The quantitative estimate of drug-likeness (QED) is 0.0281. The highest BCUT2D eigenvalue weighted by atomic mass is 16.6. The molecule has 0 radical (unpaired) electrons. The molecular weight excluding hydrogens is 799 g/mol. The molecule has 0 saturated carbocycles. The van der Waals surface area contributed by atoms with E-state index in [0.717, 1.165) is 57.8 Å². The minimum Gasteiger partial charge on any atom is -0.477 e. The van der Waals surface area contributed by atoms with E-state index in [4.69, 9.17) is 14.2 Å². The number of carboxylic acid groups (broad SMARTS) is 1. The molecule has 0 amide bonds. The van der Waals surface area contributed by atoms with Crippen molar-refractivity contribution in [2.45, 2.75) is 225 Å². The lowest BCUT2D eigenvalue weighted by molar-refractivity contribution is -0.887. The van der Waals surface area contributed by atoms with E-state index in [1.807, 2.05) is 33.3 Å². The lowest BCUT2D eigenvalue weighted by Gasteiger charge is -2.31. The number of aliphatic carboxylic acids is 1. The van der Waals surface area contributed by atoms with Crippen molar-refractivity contribution in [3.63, 3.8) is 0 Å². The number of nitrogens with zero attached hydrogens (tertiary/aromatic N) is 1. The Bertz CT molecular complexity index is 1270.